The molecule has 7 heteroatoms. The summed E-state index contributed by atoms with van der Waals surface area (Å²) in [5.41, 5.74) is 3.58. The number of rotatable bonds is 4. The van der Waals surface area contributed by atoms with Crippen molar-refractivity contribution in [2.24, 2.45) is 0 Å². The lowest BCUT2D eigenvalue weighted by molar-refractivity contribution is 0.615. The zero-order valence-electron chi connectivity index (χ0n) is 16.3. The van der Waals surface area contributed by atoms with Crippen molar-refractivity contribution in [1.29, 1.82) is 0 Å². The first-order chi connectivity index (χ1) is 15.2. The third-order valence-corrected chi connectivity index (χ3v) is 6.94. The van der Waals surface area contributed by atoms with Gasteiger partial charge < -0.3 is 0 Å². The number of sulfone groups is 1. The van der Waals surface area contributed by atoms with Gasteiger partial charge in [0.2, 0.25) is 9.84 Å². The van der Waals surface area contributed by atoms with E-state index in [0.29, 0.717) is 33.4 Å². The Bertz CT molecular complexity index is 1300. The van der Waals surface area contributed by atoms with E-state index in [1.165, 1.54) is 0 Å². The van der Waals surface area contributed by atoms with Gasteiger partial charge in [-0.05, 0) is 24.3 Å². The zero-order valence-corrected chi connectivity index (χ0v) is 17.1. The molecule has 0 saturated heterocycles. The van der Waals surface area contributed by atoms with Gasteiger partial charge in [-0.1, -0.05) is 24.3 Å². The highest BCUT2D eigenvalue weighted by Crippen LogP contribution is 2.53. The van der Waals surface area contributed by atoms with Crippen molar-refractivity contribution in [3.63, 3.8) is 0 Å². The number of allylic oxidation sites excluding steroid dienone is 2. The predicted molar refractivity (Wildman–Crippen MR) is 119 cm³/mol. The SMILES string of the molecule is O=S1(=O)C(c2cccnc2)=C(c2cccnc2)C(c2cccnc2)=C1c1cccnc1. The van der Waals surface area contributed by atoms with Gasteiger partial charge in [0.15, 0.2) is 0 Å². The Hall–Kier alpha value is -3.97. The Labute approximate surface area is 179 Å². The van der Waals surface area contributed by atoms with Crippen LogP contribution in [0.3, 0.4) is 0 Å². The summed E-state index contributed by atoms with van der Waals surface area (Å²) >= 11 is 0. The van der Waals surface area contributed by atoms with Gasteiger partial charge in [0.1, 0.15) is 0 Å². The lowest BCUT2D eigenvalue weighted by atomic mass is 9.91. The van der Waals surface area contributed by atoms with Gasteiger partial charge in [-0.3, -0.25) is 19.9 Å². The van der Waals surface area contributed by atoms with Gasteiger partial charge in [-0.15, -0.1) is 0 Å². The van der Waals surface area contributed by atoms with Crippen LogP contribution in [-0.2, 0) is 9.84 Å². The van der Waals surface area contributed by atoms with E-state index in [4.69, 9.17) is 0 Å². The van der Waals surface area contributed by atoms with Crippen LogP contribution in [0.1, 0.15) is 22.3 Å². The maximum Gasteiger partial charge on any atom is 0.209 e. The molecule has 0 bridgehead atoms. The highest BCUT2D eigenvalue weighted by molar-refractivity contribution is 8.10. The van der Waals surface area contributed by atoms with Crippen LogP contribution in [0.4, 0.5) is 0 Å². The molecule has 0 saturated carbocycles. The molecule has 4 aromatic heterocycles. The molecular formula is C24H16N4O2S. The van der Waals surface area contributed by atoms with E-state index in [1.807, 2.05) is 12.1 Å². The number of nitrogens with zero attached hydrogens (tertiary/aromatic N) is 4. The third-order valence-electron chi connectivity index (χ3n) is 4.99. The number of aromatic nitrogens is 4. The average molecular weight is 424 g/mol. The van der Waals surface area contributed by atoms with Crippen molar-refractivity contribution in [3.8, 4) is 0 Å². The van der Waals surface area contributed by atoms with Gasteiger partial charge in [0, 0.05) is 83.0 Å². The molecule has 4 aromatic rings. The summed E-state index contributed by atoms with van der Waals surface area (Å²) in [5, 5.41) is 0. The normalized spacial score (nSPS) is 15.4. The Morgan fingerprint density at radius 3 is 1.10 bits per heavy atom. The van der Waals surface area contributed by atoms with Crippen molar-refractivity contribution >= 4 is 30.8 Å². The highest BCUT2D eigenvalue weighted by Gasteiger charge is 2.41. The largest absolute Gasteiger partial charge is 0.264 e. The number of hydrogen-bond acceptors (Lipinski definition) is 6. The summed E-state index contributed by atoms with van der Waals surface area (Å²) in [6, 6.07) is 14.3. The second kappa shape index (κ2) is 7.70. The summed E-state index contributed by atoms with van der Waals surface area (Å²) in [7, 11) is -3.90. The minimum absolute atomic E-state index is 0.200. The van der Waals surface area contributed by atoms with E-state index in [-0.39, 0.29) is 9.81 Å². The third kappa shape index (κ3) is 3.25. The fraction of sp³-hybridized carbons (Fsp3) is 0. The summed E-state index contributed by atoms with van der Waals surface area (Å²) in [6.45, 7) is 0. The molecule has 0 radical (unpaired) electrons. The number of hydrogen-bond donors (Lipinski definition) is 0. The number of pyridine rings is 4. The summed E-state index contributed by atoms with van der Waals surface area (Å²) in [5.74, 6) is 0. The van der Waals surface area contributed by atoms with Gasteiger partial charge in [0.05, 0.1) is 9.81 Å². The minimum Gasteiger partial charge on any atom is -0.264 e. The Balaban J connectivity index is 1.94. The molecule has 0 spiro atoms. The van der Waals surface area contributed by atoms with Crippen LogP contribution in [0.5, 0.6) is 0 Å². The van der Waals surface area contributed by atoms with Gasteiger partial charge in [0.25, 0.3) is 0 Å². The van der Waals surface area contributed by atoms with Crippen LogP contribution in [0.25, 0.3) is 21.0 Å². The topological polar surface area (TPSA) is 85.7 Å². The van der Waals surface area contributed by atoms with Crippen molar-refractivity contribution in [2.75, 3.05) is 0 Å². The molecule has 0 aliphatic carbocycles. The maximum absolute atomic E-state index is 14.0. The fourth-order valence-electron chi connectivity index (χ4n) is 3.76. The molecule has 0 atom stereocenters. The van der Waals surface area contributed by atoms with Crippen molar-refractivity contribution in [1.82, 2.24) is 19.9 Å². The van der Waals surface area contributed by atoms with Crippen molar-refractivity contribution in [3.05, 3.63) is 120 Å². The molecule has 1 aliphatic heterocycles. The Morgan fingerprint density at radius 1 is 0.484 bits per heavy atom. The summed E-state index contributed by atoms with van der Waals surface area (Å²) in [6.07, 6.45) is 13.0. The van der Waals surface area contributed by atoms with Crippen LogP contribution >= 0.6 is 0 Å². The van der Waals surface area contributed by atoms with E-state index < -0.39 is 9.84 Å². The molecular weight excluding hydrogens is 408 g/mol. The van der Waals surface area contributed by atoms with Gasteiger partial charge in [-0.2, -0.15) is 0 Å². The van der Waals surface area contributed by atoms with Crippen LogP contribution in [0.15, 0.2) is 98.1 Å². The Kier molecular flexibility index (Phi) is 4.72. The molecule has 31 heavy (non-hydrogen) atoms. The molecule has 0 N–H and O–H groups in total. The minimum atomic E-state index is -3.90. The lowest BCUT2D eigenvalue weighted by Gasteiger charge is -2.11. The highest BCUT2D eigenvalue weighted by atomic mass is 32.2. The molecule has 6 nitrogen and oxygen atoms in total. The molecule has 1 aliphatic rings. The lowest BCUT2D eigenvalue weighted by Crippen LogP contribution is -2.03. The average Bonchev–Trinajstić information content (AvgIpc) is 3.08. The molecule has 0 amide bonds. The Morgan fingerprint density at radius 2 is 0.806 bits per heavy atom. The first-order valence-corrected chi connectivity index (χ1v) is 11.0. The zero-order chi connectivity index (χ0) is 21.3. The fourth-order valence-corrected chi connectivity index (χ4v) is 5.81. The van der Waals surface area contributed by atoms with Crippen molar-refractivity contribution < 1.29 is 8.42 Å². The monoisotopic (exact) mass is 424 g/mol. The second-order valence-electron chi connectivity index (χ2n) is 6.88. The van der Waals surface area contributed by atoms with Crippen LogP contribution in [-0.4, -0.2) is 28.4 Å². The van der Waals surface area contributed by atoms with Crippen molar-refractivity contribution in [2.45, 2.75) is 0 Å². The first kappa shape index (κ1) is 19.0. The van der Waals surface area contributed by atoms with Gasteiger partial charge >= 0.3 is 0 Å². The molecule has 0 fully saturated rings. The predicted octanol–water partition coefficient (Wildman–Crippen LogP) is 4.13. The molecule has 0 unspecified atom stereocenters. The molecule has 150 valence electrons. The van der Waals surface area contributed by atoms with Crippen LogP contribution in [0, 0.1) is 0 Å². The van der Waals surface area contributed by atoms with E-state index in [2.05, 4.69) is 19.9 Å². The molecule has 5 heterocycles. The van der Waals surface area contributed by atoms with Crippen LogP contribution in [0.2, 0.25) is 0 Å². The van der Waals surface area contributed by atoms with Crippen LogP contribution < -0.4 is 0 Å². The maximum atomic E-state index is 14.0. The second-order valence-corrected chi connectivity index (χ2v) is 8.70. The van der Waals surface area contributed by atoms with E-state index in [1.54, 1.807) is 86.0 Å². The standard InChI is InChI=1S/C24H16N4O2S/c29-31(30)23(19-7-3-11-27-15-19)21(17-5-1-9-25-13-17)22(18-6-2-10-26-14-18)24(31)20-8-4-12-28-16-20/h1-16H. The van der Waals surface area contributed by atoms with E-state index in [0.717, 1.165) is 0 Å². The molecule has 5 rings (SSSR count). The van der Waals surface area contributed by atoms with Gasteiger partial charge in [-0.25, -0.2) is 8.42 Å². The van der Waals surface area contributed by atoms with E-state index >= 15 is 0 Å². The smallest absolute Gasteiger partial charge is 0.209 e. The quantitative estimate of drug-likeness (QED) is 0.490. The van der Waals surface area contributed by atoms with E-state index in [9.17, 15) is 8.42 Å². The molecule has 0 aromatic carbocycles. The summed E-state index contributed by atoms with van der Waals surface area (Å²) in [4.78, 5) is 17.2. The first-order valence-electron chi connectivity index (χ1n) is 9.53. The summed E-state index contributed by atoms with van der Waals surface area (Å²) < 4.78 is 28.1.